The molecule has 0 spiro atoms. The molecule has 1 aromatic heterocycles. The molecule has 6 heteroatoms. The van der Waals surface area contributed by atoms with E-state index >= 15 is 0 Å². The highest BCUT2D eigenvalue weighted by molar-refractivity contribution is 9.11. The van der Waals surface area contributed by atoms with Gasteiger partial charge in [-0.25, -0.2) is 13.8 Å². The monoisotopic (exact) mass is 300 g/mol. The lowest BCUT2D eigenvalue weighted by Crippen LogP contribution is -1.98. The first-order chi connectivity index (χ1) is 5.54. The van der Waals surface area contributed by atoms with Gasteiger partial charge >= 0.3 is 0 Å². The number of pyridine rings is 1. The smallest absolute Gasteiger partial charge is 0.267 e. The summed E-state index contributed by atoms with van der Waals surface area (Å²) in [4.78, 5) is 3.73. The van der Waals surface area contributed by atoms with Gasteiger partial charge in [-0.3, -0.25) is 0 Å². The Labute approximate surface area is 84.4 Å². The summed E-state index contributed by atoms with van der Waals surface area (Å²) in [6.07, 6.45) is -1.32. The number of nitrogens with zero attached hydrogens (tertiary/aromatic N) is 1. The third-order valence-electron chi connectivity index (χ3n) is 1.28. The molecular formula is C6H4Br2F2N2. The van der Waals surface area contributed by atoms with Crippen LogP contribution in [-0.2, 0) is 0 Å². The standard InChI is InChI=1S/C6H4Br2F2N2/c7-2-1-12-5(8)4(11)3(2)6(9)10/h1,6H,11H2. The van der Waals surface area contributed by atoms with E-state index in [1.807, 2.05) is 0 Å². The van der Waals surface area contributed by atoms with E-state index in [-0.39, 0.29) is 20.3 Å². The zero-order valence-corrected chi connectivity index (χ0v) is 8.86. The molecule has 0 amide bonds. The van der Waals surface area contributed by atoms with Crippen molar-refractivity contribution in [1.82, 2.24) is 4.98 Å². The van der Waals surface area contributed by atoms with Gasteiger partial charge in [-0.05, 0) is 31.9 Å². The average Bonchev–Trinajstić information content (AvgIpc) is 1.97. The van der Waals surface area contributed by atoms with Crippen LogP contribution < -0.4 is 5.73 Å². The summed E-state index contributed by atoms with van der Waals surface area (Å²) in [5.74, 6) is 0. The summed E-state index contributed by atoms with van der Waals surface area (Å²) < 4.78 is 25.1. The lowest BCUT2D eigenvalue weighted by Gasteiger charge is -2.07. The Morgan fingerprint density at radius 1 is 1.42 bits per heavy atom. The summed E-state index contributed by atoms with van der Waals surface area (Å²) >= 11 is 5.90. The molecule has 0 radical (unpaired) electrons. The molecule has 0 aliphatic rings. The number of nitrogen functional groups attached to an aromatic ring is 1. The zero-order chi connectivity index (χ0) is 9.30. The van der Waals surface area contributed by atoms with E-state index in [1.54, 1.807) is 0 Å². The zero-order valence-electron chi connectivity index (χ0n) is 5.69. The Bertz CT molecular complexity index is 304. The SMILES string of the molecule is Nc1c(Br)ncc(Br)c1C(F)F. The quantitative estimate of drug-likeness (QED) is 0.810. The van der Waals surface area contributed by atoms with Gasteiger partial charge in [0.1, 0.15) is 4.60 Å². The van der Waals surface area contributed by atoms with Crippen molar-refractivity contribution in [2.24, 2.45) is 0 Å². The summed E-state index contributed by atoms with van der Waals surface area (Å²) in [6, 6.07) is 0. The predicted molar refractivity (Wildman–Crippen MR) is 49.0 cm³/mol. The fraction of sp³-hybridized carbons (Fsp3) is 0.167. The maximum absolute atomic E-state index is 12.3. The van der Waals surface area contributed by atoms with Crippen LogP contribution in [0.2, 0.25) is 0 Å². The molecule has 0 atom stereocenters. The Hall–Kier alpha value is -0.230. The van der Waals surface area contributed by atoms with Crippen LogP contribution in [0.1, 0.15) is 12.0 Å². The van der Waals surface area contributed by atoms with E-state index < -0.39 is 6.43 Å². The molecule has 66 valence electrons. The van der Waals surface area contributed by atoms with Crippen molar-refractivity contribution in [1.29, 1.82) is 0 Å². The third kappa shape index (κ3) is 1.74. The molecule has 1 rings (SSSR count). The Morgan fingerprint density at radius 3 is 2.42 bits per heavy atom. The molecule has 2 nitrogen and oxygen atoms in total. The number of alkyl halides is 2. The van der Waals surface area contributed by atoms with Crippen LogP contribution in [0, 0.1) is 0 Å². The van der Waals surface area contributed by atoms with Crippen LogP contribution in [0.25, 0.3) is 0 Å². The molecule has 0 unspecified atom stereocenters. The second-order valence-corrected chi connectivity index (χ2v) is 3.63. The van der Waals surface area contributed by atoms with E-state index in [1.165, 1.54) is 6.20 Å². The van der Waals surface area contributed by atoms with E-state index in [2.05, 4.69) is 36.8 Å². The van der Waals surface area contributed by atoms with Crippen LogP contribution in [0.15, 0.2) is 15.3 Å². The Morgan fingerprint density at radius 2 is 2.00 bits per heavy atom. The van der Waals surface area contributed by atoms with Gasteiger partial charge in [0.05, 0.1) is 11.3 Å². The van der Waals surface area contributed by atoms with Crippen molar-refractivity contribution in [3.05, 3.63) is 20.8 Å². The molecular weight excluding hydrogens is 298 g/mol. The van der Waals surface area contributed by atoms with Gasteiger partial charge in [-0.1, -0.05) is 0 Å². The van der Waals surface area contributed by atoms with Gasteiger partial charge in [0, 0.05) is 10.7 Å². The van der Waals surface area contributed by atoms with E-state index in [9.17, 15) is 8.78 Å². The number of halogens is 4. The number of aromatic nitrogens is 1. The Kier molecular flexibility index (Phi) is 3.00. The first-order valence-corrected chi connectivity index (χ1v) is 4.50. The highest BCUT2D eigenvalue weighted by Crippen LogP contribution is 2.34. The maximum Gasteiger partial charge on any atom is 0.267 e. The van der Waals surface area contributed by atoms with E-state index in [4.69, 9.17) is 5.73 Å². The molecule has 1 heterocycles. The molecule has 0 fully saturated rings. The minimum absolute atomic E-state index is 0.0284. The van der Waals surface area contributed by atoms with Crippen LogP contribution in [0.5, 0.6) is 0 Å². The normalized spacial score (nSPS) is 10.8. The van der Waals surface area contributed by atoms with Gasteiger partial charge in [-0.15, -0.1) is 0 Å². The van der Waals surface area contributed by atoms with Gasteiger partial charge in [0.15, 0.2) is 0 Å². The number of anilines is 1. The highest BCUT2D eigenvalue weighted by Gasteiger charge is 2.17. The van der Waals surface area contributed by atoms with E-state index in [0.717, 1.165) is 0 Å². The fourth-order valence-electron chi connectivity index (χ4n) is 0.714. The van der Waals surface area contributed by atoms with Crippen molar-refractivity contribution in [2.75, 3.05) is 5.73 Å². The maximum atomic E-state index is 12.3. The lowest BCUT2D eigenvalue weighted by molar-refractivity contribution is 0.151. The van der Waals surface area contributed by atoms with Gasteiger partial charge < -0.3 is 5.73 Å². The molecule has 0 aliphatic heterocycles. The predicted octanol–water partition coefficient (Wildman–Crippen LogP) is 3.13. The number of nitrogens with two attached hydrogens (primary N) is 1. The Balaban J connectivity index is 3.33. The first kappa shape index (κ1) is 9.85. The van der Waals surface area contributed by atoms with Crippen molar-refractivity contribution in [3.63, 3.8) is 0 Å². The molecule has 2 N–H and O–H groups in total. The summed E-state index contributed by atoms with van der Waals surface area (Å²) in [6.45, 7) is 0. The van der Waals surface area contributed by atoms with Crippen molar-refractivity contribution < 1.29 is 8.78 Å². The summed E-state index contributed by atoms with van der Waals surface area (Å²) in [5, 5.41) is 0. The lowest BCUT2D eigenvalue weighted by atomic mass is 10.2. The van der Waals surface area contributed by atoms with Crippen molar-refractivity contribution >= 4 is 37.5 Å². The topological polar surface area (TPSA) is 38.9 Å². The highest BCUT2D eigenvalue weighted by atomic mass is 79.9. The molecule has 0 aromatic carbocycles. The second-order valence-electron chi connectivity index (χ2n) is 2.02. The van der Waals surface area contributed by atoms with Crippen LogP contribution in [0.3, 0.4) is 0 Å². The van der Waals surface area contributed by atoms with Gasteiger partial charge in [-0.2, -0.15) is 0 Å². The van der Waals surface area contributed by atoms with Gasteiger partial charge in [0.25, 0.3) is 6.43 Å². The fourth-order valence-corrected chi connectivity index (χ4v) is 1.52. The molecule has 0 saturated heterocycles. The second kappa shape index (κ2) is 3.66. The third-order valence-corrected chi connectivity index (χ3v) is 2.54. The van der Waals surface area contributed by atoms with E-state index in [0.29, 0.717) is 0 Å². The van der Waals surface area contributed by atoms with Gasteiger partial charge in [0.2, 0.25) is 0 Å². The largest absolute Gasteiger partial charge is 0.396 e. The molecule has 1 aromatic rings. The number of rotatable bonds is 1. The summed E-state index contributed by atoms with van der Waals surface area (Å²) in [5.41, 5.74) is 5.11. The van der Waals surface area contributed by atoms with Crippen LogP contribution >= 0.6 is 31.9 Å². The average molecular weight is 302 g/mol. The van der Waals surface area contributed by atoms with Crippen molar-refractivity contribution in [2.45, 2.75) is 6.43 Å². The first-order valence-electron chi connectivity index (χ1n) is 2.91. The number of hydrogen-bond donors (Lipinski definition) is 1. The summed E-state index contributed by atoms with van der Waals surface area (Å²) in [7, 11) is 0. The molecule has 0 saturated carbocycles. The minimum atomic E-state index is -2.60. The molecule has 0 aliphatic carbocycles. The number of hydrogen-bond acceptors (Lipinski definition) is 2. The minimum Gasteiger partial charge on any atom is -0.396 e. The molecule has 0 bridgehead atoms. The van der Waals surface area contributed by atoms with Crippen molar-refractivity contribution in [3.8, 4) is 0 Å². The van der Waals surface area contributed by atoms with Crippen LogP contribution in [-0.4, -0.2) is 4.98 Å². The van der Waals surface area contributed by atoms with Crippen LogP contribution in [0.4, 0.5) is 14.5 Å². The molecule has 12 heavy (non-hydrogen) atoms.